The molecule has 0 bridgehead atoms. The normalized spacial score (nSPS) is 17.8. The molecule has 1 aromatic heterocycles. The summed E-state index contributed by atoms with van der Waals surface area (Å²) in [5, 5.41) is 0.308. The van der Waals surface area contributed by atoms with E-state index in [1.54, 1.807) is 31.4 Å². The Labute approximate surface area is 160 Å². The summed E-state index contributed by atoms with van der Waals surface area (Å²) in [5.74, 6) is -0.563. The van der Waals surface area contributed by atoms with Gasteiger partial charge in [0, 0.05) is 17.1 Å². The molecule has 0 N–H and O–H groups in total. The number of halogens is 4. The Hall–Kier alpha value is -1.03. The molecule has 0 radical (unpaired) electrons. The van der Waals surface area contributed by atoms with Crippen molar-refractivity contribution in [3.8, 4) is 0 Å². The zero-order chi connectivity index (χ0) is 19.2. The minimum Gasteiger partial charge on any atom is -0.591 e. The maximum atomic E-state index is 14.1. The monoisotopic (exact) mass is 450 g/mol. The maximum absolute atomic E-state index is 14.1. The highest BCUT2D eigenvalue weighted by Crippen LogP contribution is 2.33. The van der Waals surface area contributed by atoms with Crippen molar-refractivity contribution in [3.05, 3.63) is 34.2 Å². The van der Waals surface area contributed by atoms with Crippen LogP contribution in [0.1, 0.15) is 32.4 Å². The van der Waals surface area contributed by atoms with Crippen LogP contribution in [0.25, 0.3) is 10.9 Å². The molecular weight excluding hydrogens is 433 g/mol. The van der Waals surface area contributed by atoms with E-state index in [0.29, 0.717) is 24.1 Å². The van der Waals surface area contributed by atoms with Crippen molar-refractivity contribution in [2.75, 3.05) is 13.2 Å². The van der Waals surface area contributed by atoms with Gasteiger partial charge < -0.3 is 13.9 Å². The van der Waals surface area contributed by atoms with Gasteiger partial charge >= 0.3 is 0 Å². The van der Waals surface area contributed by atoms with Crippen LogP contribution in [0.3, 0.4) is 0 Å². The molecule has 2 heterocycles. The van der Waals surface area contributed by atoms with Crippen molar-refractivity contribution in [2.45, 2.75) is 38.0 Å². The molecule has 1 fully saturated rings. The standard InChI is InChI=1S/C17H18BrF3N2O2S/c1-17(2,3)26(24)22-15(16(20)21)11-6-23(9-7-25-8-9)14-5-12(18)13(19)4-10(11)14/h4-6,9,16H,7-8H2,1-3H3. The second-order valence-electron chi connectivity index (χ2n) is 7.06. The van der Waals surface area contributed by atoms with Crippen molar-refractivity contribution in [3.63, 3.8) is 0 Å². The summed E-state index contributed by atoms with van der Waals surface area (Å²) >= 11 is 1.28. The van der Waals surface area contributed by atoms with E-state index in [1.807, 2.05) is 0 Å². The first-order chi connectivity index (χ1) is 12.1. The van der Waals surface area contributed by atoms with Gasteiger partial charge in [-0.05, 0) is 48.8 Å². The molecule has 1 aliphatic rings. The van der Waals surface area contributed by atoms with Gasteiger partial charge in [-0.3, -0.25) is 0 Å². The Bertz CT molecular complexity index is 860. The van der Waals surface area contributed by atoms with Crippen LogP contribution in [0, 0.1) is 5.82 Å². The van der Waals surface area contributed by atoms with Gasteiger partial charge in [-0.1, -0.05) is 4.40 Å². The lowest BCUT2D eigenvalue weighted by atomic mass is 10.1. The second kappa shape index (κ2) is 7.18. The summed E-state index contributed by atoms with van der Waals surface area (Å²) in [6, 6.07) is 2.73. The third kappa shape index (κ3) is 3.67. The van der Waals surface area contributed by atoms with Crippen LogP contribution in [-0.4, -0.2) is 39.2 Å². The lowest BCUT2D eigenvalue weighted by Crippen LogP contribution is -2.30. The van der Waals surface area contributed by atoms with E-state index in [0.717, 1.165) is 0 Å². The molecule has 1 unspecified atom stereocenters. The fourth-order valence-corrected chi connectivity index (χ4v) is 3.53. The molecule has 0 saturated carbocycles. The van der Waals surface area contributed by atoms with E-state index in [1.165, 1.54) is 12.3 Å². The third-order valence-electron chi connectivity index (χ3n) is 4.08. The summed E-state index contributed by atoms with van der Waals surface area (Å²) in [6.45, 7) is 5.87. The van der Waals surface area contributed by atoms with Crippen molar-refractivity contribution in [1.82, 2.24) is 4.57 Å². The number of alkyl halides is 2. The SMILES string of the molecule is CC(C)(C)[S+]([O-])N=C(c1cn(C2COC2)c2cc(Br)c(F)cc12)C(F)F. The van der Waals surface area contributed by atoms with Crippen LogP contribution in [0.15, 0.2) is 27.2 Å². The Kier molecular flexibility index (Phi) is 5.45. The maximum Gasteiger partial charge on any atom is 0.285 e. The second-order valence-corrected chi connectivity index (χ2v) is 9.82. The van der Waals surface area contributed by atoms with Crippen LogP contribution in [-0.2, 0) is 16.1 Å². The molecule has 1 atom stereocenters. The molecule has 26 heavy (non-hydrogen) atoms. The summed E-state index contributed by atoms with van der Waals surface area (Å²) < 4.78 is 64.1. The molecule has 0 aliphatic carbocycles. The molecule has 3 rings (SSSR count). The number of hydrogen-bond acceptors (Lipinski definition) is 3. The number of ether oxygens (including phenoxy) is 1. The Morgan fingerprint density at radius 1 is 1.38 bits per heavy atom. The Morgan fingerprint density at radius 2 is 2.04 bits per heavy atom. The van der Waals surface area contributed by atoms with E-state index in [4.69, 9.17) is 4.74 Å². The zero-order valence-electron chi connectivity index (χ0n) is 14.4. The molecule has 0 amide bonds. The smallest absolute Gasteiger partial charge is 0.285 e. The predicted molar refractivity (Wildman–Crippen MR) is 99.9 cm³/mol. The predicted octanol–water partition coefficient (Wildman–Crippen LogP) is 4.63. The van der Waals surface area contributed by atoms with Crippen LogP contribution in [0.5, 0.6) is 0 Å². The molecule has 142 valence electrons. The van der Waals surface area contributed by atoms with E-state index in [2.05, 4.69) is 20.3 Å². The largest absolute Gasteiger partial charge is 0.591 e. The number of benzene rings is 1. The molecular formula is C17H18BrF3N2O2S. The van der Waals surface area contributed by atoms with Crippen molar-refractivity contribution < 1.29 is 22.5 Å². The van der Waals surface area contributed by atoms with Gasteiger partial charge in [0.05, 0.1) is 29.2 Å². The lowest BCUT2D eigenvalue weighted by molar-refractivity contribution is -0.0214. The molecule has 1 aliphatic heterocycles. The van der Waals surface area contributed by atoms with Gasteiger partial charge in [0.2, 0.25) is 0 Å². The van der Waals surface area contributed by atoms with Gasteiger partial charge in [-0.25, -0.2) is 13.2 Å². The van der Waals surface area contributed by atoms with Crippen LogP contribution in [0.2, 0.25) is 0 Å². The molecule has 2 aromatic rings. The minimum atomic E-state index is -2.94. The van der Waals surface area contributed by atoms with Crippen LogP contribution < -0.4 is 0 Å². The fourth-order valence-electron chi connectivity index (χ4n) is 2.57. The molecule has 0 spiro atoms. The van der Waals surface area contributed by atoms with Crippen LogP contribution >= 0.6 is 15.9 Å². The number of aromatic nitrogens is 1. The summed E-state index contributed by atoms with van der Waals surface area (Å²) in [7, 11) is 0. The number of rotatable bonds is 4. The highest BCUT2D eigenvalue weighted by atomic mass is 79.9. The van der Waals surface area contributed by atoms with Gasteiger partial charge in [0.15, 0.2) is 5.71 Å². The summed E-state index contributed by atoms with van der Waals surface area (Å²) in [6.07, 6.45) is -1.42. The van der Waals surface area contributed by atoms with Crippen molar-refractivity contribution in [2.24, 2.45) is 4.40 Å². The first-order valence-electron chi connectivity index (χ1n) is 7.96. The third-order valence-corrected chi connectivity index (χ3v) is 6.09. The van der Waals surface area contributed by atoms with Crippen molar-refractivity contribution in [1.29, 1.82) is 0 Å². The first-order valence-corrected chi connectivity index (χ1v) is 9.86. The van der Waals surface area contributed by atoms with E-state index in [-0.39, 0.29) is 16.1 Å². The first kappa shape index (κ1) is 19.7. The average Bonchev–Trinajstić information content (AvgIpc) is 2.80. The Balaban J connectivity index is 2.21. The number of fused-ring (bicyclic) bond motifs is 1. The molecule has 1 aromatic carbocycles. The van der Waals surface area contributed by atoms with Gasteiger partial charge in [0.25, 0.3) is 6.43 Å². The lowest BCUT2D eigenvalue weighted by Gasteiger charge is -2.28. The summed E-state index contributed by atoms with van der Waals surface area (Å²) in [5.41, 5.74) is 0.0892. The summed E-state index contributed by atoms with van der Waals surface area (Å²) in [4.78, 5) is 0. The molecule has 4 nitrogen and oxygen atoms in total. The highest BCUT2D eigenvalue weighted by molar-refractivity contribution is 9.10. The van der Waals surface area contributed by atoms with E-state index < -0.39 is 34.1 Å². The zero-order valence-corrected chi connectivity index (χ0v) is 16.8. The molecule has 9 heteroatoms. The van der Waals surface area contributed by atoms with Crippen LogP contribution in [0.4, 0.5) is 13.2 Å². The Morgan fingerprint density at radius 3 is 2.54 bits per heavy atom. The number of hydrogen-bond donors (Lipinski definition) is 0. The fraction of sp³-hybridized carbons (Fsp3) is 0.471. The van der Waals surface area contributed by atoms with Gasteiger partial charge in [0.1, 0.15) is 21.9 Å². The van der Waals surface area contributed by atoms with E-state index in [9.17, 15) is 17.7 Å². The minimum absolute atomic E-state index is 0.0179. The number of nitrogens with zero attached hydrogens (tertiary/aromatic N) is 2. The molecule has 1 saturated heterocycles. The van der Waals surface area contributed by atoms with Crippen molar-refractivity contribution >= 4 is 43.9 Å². The van der Waals surface area contributed by atoms with Gasteiger partial charge in [-0.15, -0.1) is 0 Å². The topological polar surface area (TPSA) is 49.6 Å². The van der Waals surface area contributed by atoms with E-state index >= 15 is 0 Å². The quantitative estimate of drug-likeness (QED) is 0.503. The van der Waals surface area contributed by atoms with Gasteiger partial charge in [-0.2, -0.15) is 0 Å². The average molecular weight is 451 g/mol. The highest BCUT2D eigenvalue weighted by Gasteiger charge is 2.32.